The zero-order valence-corrected chi connectivity index (χ0v) is 11.2. The summed E-state index contributed by atoms with van der Waals surface area (Å²) in [6, 6.07) is 8.34. The zero-order valence-electron chi connectivity index (χ0n) is 11.2. The summed E-state index contributed by atoms with van der Waals surface area (Å²) >= 11 is 0. The summed E-state index contributed by atoms with van der Waals surface area (Å²) in [5, 5.41) is 0. The van der Waals surface area contributed by atoms with Crippen LogP contribution in [0.25, 0.3) is 0 Å². The molecule has 0 bridgehead atoms. The monoisotopic (exact) mass is 274 g/mol. The molecule has 0 radical (unpaired) electrons. The third kappa shape index (κ3) is 5.61. The smallest absolute Gasteiger partial charge is 0.330 e. The van der Waals surface area contributed by atoms with Gasteiger partial charge in [0.1, 0.15) is 6.04 Å². The normalized spacial score (nSPS) is 13.8. The first kappa shape index (κ1) is 16.0. The highest BCUT2D eigenvalue weighted by Crippen LogP contribution is 2.26. The molecule has 0 saturated heterocycles. The Bertz CT molecular complexity index is 351. The number of nitrogens with two attached hydrogens (primary N) is 1. The van der Waals surface area contributed by atoms with E-state index in [1.165, 1.54) is 11.9 Å². The first-order chi connectivity index (χ1) is 8.95. The van der Waals surface area contributed by atoms with Gasteiger partial charge in [-0.25, -0.2) is 0 Å². The van der Waals surface area contributed by atoms with E-state index >= 15 is 0 Å². The fourth-order valence-corrected chi connectivity index (χ4v) is 2.12. The molecule has 2 N–H and O–H groups in total. The van der Waals surface area contributed by atoms with E-state index in [0.717, 1.165) is 12.0 Å². The molecule has 1 rings (SSSR count). The van der Waals surface area contributed by atoms with E-state index in [9.17, 15) is 13.2 Å². The molecule has 0 aromatic heterocycles. The molecule has 1 aromatic carbocycles. The molecular weight excluding hydrogens is 253 g/mol. The van der Waals surface area contributed by atoms with E-state index in [0.29, 0.717) is 13.0 Å². The Morgan fingerprint density at radius 3 is 2.37 bits per heavy atom. The fourth-order valence-electron chi connectivity index (χ4n) is 2.12. The van der Waals surface area contributed by atoms with Crippen LogP contribution in [0.15, 0.2) is 30.3 Å². The predicted molar refractivity (Wildman–Crippen MR) is 70.9 cm³/mol. The molecule has 5 heteroatoms. The predicted octanol–water partition coefficient (Wildman–Crippen LogP) is 2.83. The van der Waals surface area contributed by atoms with Crippen molar-refractivity contribution in [3.05, 3.63) is 35.9 Å². The Morgan fingerprint density at radius 2 is 1.84 bits per heavy atom. The van der Waals surface area contributed by atoms with E-state index in [1.807, 2.05) is 30.3 Å². The van der Waals surface area contributed by atoms with E-state index in [2.05, 4.69) is 0 Å². The maximum Gasteiger partial charge on any atom is 0.404 e. The average molecular weight is 274 g/mol. The van der Waals surface area contributed by atoms with Crippen molar-refractivity contribution in [1.29, 1.82) is 0 Å². The van der Waals surface area contributed by atoms with E-state index in [-0.39, 0.29) is 13.0 Å². The van der Waals surface area contributed by atoms with Crippen molar-refractivity contribution in [3.63, 3.8) is 0 Å². The number of hydrogen-bond acceptors (Lipinski definition) is 2. The number of rotatable bonds is 7. The second kappa shape index (κ2) is 7.50. The largest absolute Gasteiger partial charge is 0.404 e. The molecule has 1 aromatic rings. The molecule has 0 amide bonds. The number of halogens is 3. The number of hydrogen-bond donors (Lipinski definition) is 1. The standard InChI is InChI=1S/C14H21F3N2/c1-19(13(9-10-18)14(15,16)17)11-5-8-12-6-3-2-4-7-12/h2-4,6-7,13H,5,8-11,18H2,1H3. The summed E-state index contributed by atoms with van der Waals surface area (Å²) in [4.78, 5) is 1.36. The van der Waals surface area contributed by atoms with Gasteiger partial charge in [-0.15, -0.1) is 0 Å². The molecule has 0 heterocycles. The van der Waals surface area contributed by atoms with E-state index in [4.69, 9.17) is 5.73 Å². The zero-order chi connectivity index (χ0) is 14.3. The van der Waals surface area contributed by atoms with Crippen LogP contribution in [-0.4, -0.2) is 37.3 Å². The van der Waals surface area contributed by atoms with Crippen LogP contribution in [0.3, 0.4) is 0 Å². The van der Waals surface area contributed by atoms with Crippen LogP contribution in [0.4, 0.5) is 13.2 Å². The van der Waals surface area contributed by atoms with Gasteiger partial charge in [0.2, 0.25) is 0 Å². The Morgan fingerprint density at radius 1 is 1.21 bits per heavy atom. The van der Waals surface area contributed by atoms with Gasteiger partial charge in [-0.1, -0.05) is 30.3 Å². The van der Waals surface area contributed by atoms with Crippen molar-refractivity contribution in [2.24, 2.45) is 5.73 Å². The second-order valence-electron chi connectivity index (χ2n) is 4.70. The van der Waals surface area contributed by atoms with E-state index < -0.39 is 12.2 Å². The van der Waals surface area contributed by atoms with Crippen molar-refractivity contribution in [2.45, 2.75) is 31.5 Å². The number of benzene rings is 1. The SMILES string of the molecule is CN(CCCc1ccccc1)C(CCN)C(F)(F)F. The number of nitrogens with zero attached hydrogens (tertiary/aromatic N) is 1. The van der Waals surface area contributed by atoms with Crippen molar-refractivity contribution in [3.8, 4) is 0 Å². The summed E-state index contributed by atoms with van der Waals surface area (Å²) in [7, 11) is 1.51. The lowest BCUT2D eigenvalue weighted by atomic mass is 10.1. The molecule has 0 aliphatic heterocycles. The van der Waals surface area contributed by atoms with Crippen LogP contribution in [0.2, 0.25) is 0 Å². The van der Waals surface area contributed by atoms with Gasteiger partial charge in [0.05, 0.1) is 0 Å². The van der Waals surface area contributed by atoms with Gasteiger partial charge in [-0.2, -0.15) is 13.2 Å². The Kier molecular flexibility index (Phi) is 6.31. The molecule has 108 valence electrons. The number of aryl methyl sites for hydroxylation is 1. The van der Waals surface area contributed by atoms with Crippen LogP contribution >= 0.6 is 0 Å². The molecule has 1 unspecified atom stereocenters. The minimum absolute atomic E-state index is 0.0488. The van der Waals surface area contributed by atoms with Crippen LogP contribution in [-0.2, 0) is 6.42 Å². The summed E-state index contributed by atoms with van der Waals surface area (Å²) in [5.74, 6) is 0. The lowest BCUT2D eigenvalue weighted by Crippen LogP contribution is -2.45. The third-order valence-corrected chi connectivity index (χ3v) is 3.17. The minimum Gasteiger partial charge on any atom is -0.330 e. The van der Waals surface area contributed by atoms with Crippen molar-refractivity contribution < 1.29 is 13.2 Å². The van der Waals surface area contributed by atoms with Gasteiger partial charge in [0.15, 0.2) is 0 Å². The Labute approximate surface area is 112 Å². The van der Waals surface area contributed by atoms with Gasteiger partial charge < -0.3 is 5.73 Å². The molecule has 1 atom stereocenters. The highest BCUT2D eigenvalue weighted by Gasteiger charge is 2.41. The average Bonchev–Trinajstić information content (AvgIpc) is 2.35. The summed E-state index contributed by atoms with van der Waals surface area (Å²) in [6.07, 6.45) is -2.76. The Hall–Kier alpha value is -1.07. The maximum atomic E-state index is 12.8. The molecule has 2 nitrogen and oxygen atoms in total. The maximum absolute atomic E-state index is 12.8. The van der Waals surface area contributed by atoms with Gasteiger partial charge in [0.25, 0.3) is 0 Å². The molecule has 19 heavy (non-hydrogen) atoms. The van der Waals surface area contributed by atoms with Gasteiger partial charge in [0, 0.05) is 0 Å². The second-order valence-corrected chi connectivity index (χ2v) is 4.70. The van der Waals surface area contributed by atoms with E-state index in [1.54, 1.807) is 0 Å². The molecule has 0 aliphatic carbocycles. The summed E-state index contributed by atoms with van der Waals surface area (Å²) in [5.41, 5.74) is 6.41. The van der Waals surface area contributed by atoms with Crippen LogP contribution < -0.4 is 5.73 Å². The van der Waals surface area contributed by atoms with Crippen LogP contribution in [0.1, 0.15) is 18.4 Å². The highest BCUT2D eigenvalue weighted by atomic mass is 19.4. The third-order valence-electron chi connectivity index (χ3n) is 3.17. The van der Waals surface area contributed by atoms with Crippen molar-refractivity contribution in [1.82, 2.24) is 4.90 Å². The molecular formula is C14H21F3N2. The summed E-state index contributed by atoms with van der Waals surface area (Å²) in [6.45, 7) is 0.465. The molecule has 0 fully saturated rings. The number of alkyl halides is 3. The van der Waals surface area contributed by atoms with Crippen LogP contribution in [0.5, 0.6) is 0 Å². The Balaban J connectivity index is 2.42. The van der Waals surface area contributed by atoms with Crippen molar-refractivity contribution >= 4 is 0 Å². The fraction of sp³-hybridized carbons (Fsp3) is 0.571. The highest BCUT2D eigenvalue weighted by molar-refractivity contribution is 5.14. The lowest BCUT2D eigenvalue weighted by molar-refractivity contribution is -0.181. The van der Waals surface area contributed by atoms with Gasteiger partial charge in [-0.05, 0) is 45.0 Å². The quantitative estimate of drug-likeness (QED) is 0.828. The van der Waals surface area contributed by atoms with Crippen LogP contribution in [0, 0.1) is 0 Å². The van der Waals surface area contributed by atoms with Gasteiger partial charge in [-0.3, -0.25) is 4.90 Å². The topological polar surface area (TPSA) is 29.3 Å². The molecule has 0 saturated carbocycles. The van der Waals surface area contributed by atoms with Crippen molar-refractivity contribution in [2.75, 3.05) is 20.1 Å². The molecule has 0 aliphatic rings. The lowest BCUT2D eigenvalue weighted by Gasteiger charge is -2.29. The minimum atomic E-state index is -4.21. The summed E-state index contributed by atoms with van der Waals surface area (Å²) < 4.78 is 38.4. The first-order valence-corrected chi connectivity index (χ1v) is 6.46. The molecule has 0 spiro atoms. The van der Waals surface area contributed by atoms with Gasteiger partial charge >= 0.3 is 6.18 Å². The first-order valence-electron chi connectivity index (χ1n) is 6.46.